The number of nitro benzene ring substituents is 1. The van der Waals surface area contributed by atoms with E-state index in [1.807, 2.05) is 20.8 Å². The van der Waals surface area contributed by atoms with Crippen molar-refractivity contribution in [3.63, 3.8) is 0 Å². The van der Waals surface area contributed by atoms with Crippen LogP contribution < -0.4 is 5.43 Å². The molecule has 3 rings (SSSR count). The molecule has 0 spiro atoms. The lowest BCUT2D eigenvalue weighted by Gasteiger charge is -2.16. The van der Waals surface area contributed by atoms with Crippen LogP contribution in [0.4, 0.5) is 10.8 Å². The minimum Gasteiger partial charge on any atom is -0.507 e. The third-order valence-electron chi connectivity index (χ3n) is 3.53. The van der Waals surface area contributed by atoms with Gasteiger partial charge in [0.1, 0.15) is 23.4 Å². The number of phenols is 1. The van der Waals surface area contributed by atoms with Crippen molar-refractivity contribution >= 4 is 28.4 Å². The van der Waals surface area contributed by atoms with E-state index in [0.29, 0.717) is 5.13 Å². The summed E-state index contributed by atoms with van der Waals surface area (Å²) in [5.41, 5.74) is 3.49. The van der Waals surface area contributed by atoms with Crippen molar-refractivity contribution in [2.24, 2.45) is 5.10 Å². The van der Waals surface area contributed by atoms with Crippen molar-refractivity contribution < 1.29 is 10.0 Å². The molecule has 27 heavy (non-hydrogen) atoms. The van der Waals surface area contributed by atoms with E-state index in [4.69, 9.17) is 0 Å². The Hall–Kier alpha value is -3.34. The van der Waals surface area contributed by atoms with E-state index >= 15 is 0 Å². The quantitative estimate of drug-likeness (QED) is 0.390. The Kier molecular flexibility index (Phi) is 4.86. The maximum atomic E-state index is 10.8. The van der Waals surface area contributed by atoms with E-state index in [9.17, 15) is 15.2 Å². The third kappa shape index (κ3) is 4.08. The number of aromatic nitrogens is 4. The van der Waals surface area contributed by atoms with Crippen molar-refractivity contribution in [2.75, 3.05) is 5.43 Å². The highest BCUT2D eigenvalue weighted by atomic mass is 32.1. The second kappa shape index (κ2) is 7.11. The molecule has 10 nitrogen and oxygen atoms in total. The molecule has 2 heterocycles. The highest BCUT2D eigenvalue weighted by Crippen LogP contribution is 2.34. The lowest BCUT2D eigenvalue weighted by Crippen LogP contribution is -2.15. The van der Waals surface area contributed by atoms with Crippen LogP contribution in [0.3, 0.4) is 0 Å². The molecule has 0 fully saturated rings. The van der Waals surface area contributed by atoms with Gasteiger partial charge in [0.15, 0.2) is 0 Å². The molecule has 2 aromatic heterocycles. The summed E-state index contributed by atoms with van der Waals surface area (Å²) in [6.45, 7) is 6.12. The molecule has 0 aliphatic rings. The predicted octanol–water partition coefficient (Wildman–Crippen LogP) is 3.08. The molecule has 0 aliphatic heterocycles. The first-order valence-corrected chi connectivity index (χ1v) is 8.70. The number of benzene rings is 1. The van der Waals surface area contributed by atoms with Crippen molar-refractivity contribution in [3.05, 3.63) is 52.2 Å². The number of nitro groups is 1. The Labute approximate surface area is 158 Å². The molecule has 1 aromatic carbocycles. The average Bonchev–Trinajstić information content (AvgIpc) is 3.24. The summed E-state index contributed by atoms with van der Waals surface area (Å²) in [5, 5.41) is 30.2. The third-order valence-corrected chi connectivity index (χ3v) is 4.48. The Balaban J connectivity index is 1.86. The number of aromatic hydroxyl groups is 1. The van der Waals surface area contributed by atoms with Crippen LogP contribution in [0.25, 0.3) is 5.00 Å². The van der Waals surface area contributed by atoms with E-state index in [1.54, 1.807) is 11.0 Å². The Morgan fingerprint density at radius 1 is 1.41 bits per heavy atom. The van der Waals surface area contributed by atoms with Gasteiger partial charge in [-0.25, -0.2) is 14.6 Å². The Bertz CT molecular complexity index is 990. The van der Waals surface area contributed by atoms with Crippen LogP contribution in [0.2, 0.25) is 0 Å². The molecule has 0 bridgehead atoms. The molecule has 0 unspecified atom stereocenters. The number of hydrazone groups is 1. The zero-order valence-corrected chi connectivity index (χ0v) is 15.6. The van der Waals surface area contributed by atoms with E-state index in [2.05, 4.69) is 25.6 Å². The Morgan fingerprint density at radius 3 is 2.81 bits per heavy atom. The summed E-state index contributed by atoms with van der Waals surface area (Å²) in [6.07, 6.45) is 4.34. The fourth-order valence-electron chi connectivity index (χ4n) is 2.23. The molecule has 140 valence electrons. The molecule has 0 aliphatic carbocycles. The van der Waals surface area contributed by atoms with Gasteiger partial charge in [-0.1, -0.05) is 32.1 Å². The van der Waals surface area contributed by atoms with Crippen LogP contribution in [0.15, 0.2) is 36.0 Å². The number of phenolic OH excluding ortho intramolecular Hbond substituents is 1. The van der Waals surface area contributed by atoms with Crippen LogP contribution in [0.5, 0.6) is 5.75 Å². The zero-order chi connectivity index (χ0) is 19.6. The van der Waals surface area contributed by atoms with Gasteiger partial charge in [0.2, 0.25) is 5.13 Å². The summed E-state index contributed by atoms with van der Waals surface area (Å²) >= 11 is 1.35. The summed E-state index contributed by atoms with van der Waals surface area (Å²) in [7, 11) is 0. The van der Waals surface area contributed by atoms with Crippen LogP contribution in [-0.2, 0) is 5.41 Å². The van der Waals surface area contributed by atoms with Crippen molar-refractivity contribution in [1.29, 1.82) is 0 Å². The van der Waals surface area contributed by atoms with Gasteiger partial charge in [-0.3, -0.25) is 15.5 Å². The lowest BCUT2D eigenvalue weighted by molar-refractivity contribution is -0.384. The van der Waals surface area contributed by atoms with Gasteiger partial charge in [-0.15, -0.1) is 0 Å². The average molecular weight is 387 g/mol. The van der Waals surface area contributed by atoms with E-state index in [-0.39, 0.29) is 22.4 Å². The number of nitrogens with one attached hydrogen (secondary N) is 1. The molecule has 11 heteroatoms. The van der Waals surface area contributed by atoms with E-state index in [1.165, 1.54) is 42.1 Å². The monoisotopic (exact) mass is 387 g/mol. The molecule has 0 saturated carbocycles. The van der Waals surface area contributed by atoms with Crippen molar-refractivity contribution in [3.8, 4) is 10.8 Å². The van der Waals surface area contributed by atoms with Gasteiger partial charge >= 0.3 is 0 Å². The molecule has 0 radical (unpaired) electrons. The predicted molar refractivity (Wildman–Crippen MR) is 102 cm³/mol. The molecule has 0 saturated heterocycles. The SMILES string of the molecule is CC(C)(C)c1nc(N/N=C/c2cc([N+](=O)[O-])ccc2O)sc1-n1cncn1. The lowest BCUT2D eigenvalue weighted by atomic mass is 9.92. The summed E-state index contributed by atoms with van der Waals surface area (Å²) in [4.78, 5) is 18.8. The number of rotatable bonds is 5. The van der Waals surface area contributed by atoms with Gasteiger partial charge in [0, 0.05) is 23.1 Å². The molecular formula is C16H17N7O3S. The maximum Gasteiger partial charge on any atom is 0.270 e. The summed E-state index contributed by atoms with van der Waals surface area (Å²) in [6, 6.07) is 3.72. The van der Waals surface area contributed by atoms with Crippen LogP contribution >= 0.6 is 11.3 Å². The first-order valence-electron chi connectivity index (χ1n) is 7.88. The summed E-state index contributed by atoms with van der Waals surface area (Å²) < 4.78 is 1.64. The number of hydrogen-bond donors (Lipinski definition) is 2. The fourth-order valence-corrected chi connectivity index (χ4v) is 3.29. The number of nitrogens with zero attached hydrogens (tertiary/aromatic N) is 6. The minimum atomic E-state index is -0.537. The van der Waals surface area contributed by atoms with Crippen LogP contribution in [-0.4, -0.2) is 36.0 Å². The first kappa shape index (κ1) is 18.5. The number of hydrogen-bond acceptors (Lipinski definition) is 9. The molecule has 2 N–H and O–H groups in total. The standard InChI is InChI=1S/C16H17N7O3S/c1-16(2,3)13-14(22-9-17-8-19-22)27-15(20-13)21-18-7-10-6-11(23(25)26)4-5-12(10)24/h4-9,24H,1-3H3,(H,20,21)/b18-7+. The van der Waals surface area contributed by atoms with Crippen LogP contribution in [0.1, 0.15) is 32.0 Å². The smallest absolute Gasteiger partial charge is 0.270 e. The topological polar surface area (TPSA) is 131 Å². The first-order chi connectivity index (χ1) is 12.8. The molecular weight excluding hydrogens is 370 g/mol. The van der Waals surface area contributed by atoms with E-state index < -0.39 is 4.92 Å². The molecule has 3 aromatic rings. The maximum absolute atomic E-state index is 10.8. The zero-order valence-electron chi connectivity index (χ0n) is 14.8. The van der Waals surface area contributed by atoms with Gasteiger partial charge in [0.25, 0.3) is 5.69 Å². The van der Waals surface area contributed by atoms with Gasteiger partial charge in [-0.05, 0) is 6.07 Å². The van der Waals surface area contributed by atoms with Crippen molar-refractivity contribution in [1.82, 2.24) is 19.7 Å². The second-order valence-electron chi connectivity index (χ2n) is 6.63. The van der Waals surface area contributed by atoms with Gasteiger partial charge in [-0.2, -0.15) is 10.2 Å². The largest absolute Gasteiger partial charge is 0.507 e. The normalized spacial score (nSPS) is 11.8. The second-order valence-corrected chi connectivity index (χ2v) is 7.61. The number of thiazole rings is 1. The minimum absolute atomic E-state index is 0.107. The fraction of sp³-hybridized carbons (Fsp3) is 0.250. The van der Waals surface area contributed by atoms with E-state index in [0.717, 1.165) is 10.7 Å². The van der Waals surface area contributed by atoms with Gasteiger partial charge in [0.05, 0.1) is 16.8 Å². The van der Waals surface area contributed by atoms with Crippen molar-refractivity contribution in [2.45, 2.75) is 26.2 Å². The Morgan fingerprint density at radius 2 is 2.19 bits per heavy atom. The number of non-ortho nitro benzene ring substituents is 1. The van der Waals surface area contributed by atoms with Crippen LogP contribution in [0, 0.1) is 10.1 Å². The molecule has 0 amide bonds. The summed E-state index contributed by atoms with van der Waals surface area (Å²) in [5.74, 6) is -0.107. The number of anilines is 1. The highest BCUT2D eigenvalue weighted by molar-refractivity contribution is 7.18. The molecule has 0 atom stereocenters. The highest BCUT2D eigenvalue weighted by Gasteiger charge is 2.25. The van der Waals surface area contributed by atoms with Gasteiger partial charge < -0.3 is 5.11 Å².